The normalized spacial score (nSPS) is 15.7. The Morgan fingerprint density at radius 1 is 1.06 bits per heavy atom. The number of nitrogens with zero attached hydrogens (tertiary/aromatic N) is 3. The number of alkyl halides is 2. The van der Waals surface area contributed by atoms with Crippen molar-refractivity contribution in [2.75, 3.05) is 25.1 Å². The molecule has 4 rings (SSSR count). The maximum atomic E-state index is 13.5. The lowest BCUT2D eigenvalue weighted by Crippen LogP contribution is -2.39. The van der Waals surface area contributed by atoms with Gasteiger partial charge in [-0.2, -0.15) is 0 Å². The molecule has 1 fully saturated rings. The van der Waals surface area contributed by atoms with Gasteiger partial charge in [0.25, 0.3) is 12.3 Å². The van der Waals surface area contributed by atoms with Gasteiger partial charge in [-0.15, -0.1) is 0 Å². The fourth-order valence-corrected chi connectivity index (χ4v) is 5.05. The number of imide groups is 1. The van der Waals surface area contributed by atoms with E-state index >= 15 is 0 Å². The number of carbonyl (C=O) groups excluding carboxylic acids is 3. The molecule has 0 radical (unpaired) electrons. The molecule has 2 aliphatic rings. The molecule has 47 heavy (non-hydrogen) atoms. The predicted octanol–water partition coefficient (Wildman–Crippen LogP) is 8.93. The van der Waals surface area contributed by atoms with Crippen molar-refractivity contribution in [1.29, 1.82) is 0 Å². The van der Waals surface area contributed by atoms with E-state index in [0.29, 0.717) is 47.4 Å². The molecule has 262 valence electrons. The summed E-state index contributed by atoms with van der Waals surface area (Å²) in [4.78, 5) is 45.6. The van der Waals surface area contributed by atoms with Crippen LogP contribution in [0.25, 0.3) is 0 Å². The Hall–Kier alpha value is -3.51. The summed E-state index contributed by atoms with van der Waals surface area (Å²) in [6, 6.07) is 6.72. The van der Waals surface area contributed by atoms with Crippen LogP contribution < -0.4 is 5.32 Å². The minimum Gasteiger partial charge on any atom is -0.444 e. The van der Waals surface area contributed by atoms with Gasteiger partial charge in [-0.3, -0.25) is 9.69 Å². The standard InChI is InChI=1S/C30H37ClF2N4O6.2C2H6/c1-29(2,3)42-27(39)36(15-23(32)33)14-22-18(17-11-12-41-16-17)7-10-24(35-22)34-21-9-8-20(31)19-13-37(26(38)25(19)21)28(40)43-30(4,5)6;2*1-2/h7-10,17,23H,11-16H2,1-6H3,(H,34,35);2*1-2H3. The highest BCUT2D eigenvalue weighted by Crippen LogP contribution is 2.37. The molecule has 1 aromatic heterocycles. The van der Waals surface area contributed by atoms with Crippen LogP contribution in [0, 0.1) is 0 Å². The second-order valence-electron chi connectivity index (χ2n) is 12.5. The number of ether oxygens (including phenoxy) is 3. The number of nitrogens with one attached hydrogen (secondary N) is 1. The van der Waals surface area contributed by atoms with Gasteiger partial charge in [-0.25, -0.2) is 28.3 Å². The molecule has 1 saturated heterocycles. The van der Waals surface area contributed by atoms with Gasteiger partial charge in [0, 0.05) is 23.1 Å². The number of rotatable bonds is 7. The third-order valence-corrected chi connectivity index (χ3v) is 6.99. The summed E-state index contributed by atoms with van der Waals surface area (Å²) < 4.78 is 43.4. The summed E-state index contributed by atoms with van der Waals surface area (Å²) in [7, 11) is 0. The van der Waals surface area contributed by atoms with Crippen LogP contribution in [0.5, 0.6) is 0 Å². The highest BCUT2D eigenvalue weighted by molar-refractivity contribution is 6.32. The quantitative estimate of drug-likeness (QED) is 0.308. The summed E-state index contributed by atoms with van der Waals surface area (Å²) in [5.74, 6) is -0.318. The molecule has 13 heteroatoms. The van der Waals surface area contributed by atoms with Crippen molar-refractivity contribution in [2.45, 2.75) is 112 Å². The number of hydrogen-bond donors (Lipinski definition) is 1. The molecule has 2 aromatic rings. The first-order valence-corrected chi connectivity index (χ1v) is 16.4. The third-order valence-electron chi connectivity index (χ3n) is 6.64. The number of hydrogen-bond acceptors (Lipinski definition) is 8. The van der Waals surface area contributed by atoms with Crippen LogP contribution in [0.15, 0.2) is 24.3 Å². The Morgan fingerprint density at radius 2 is 1.70 bits per heavy atom. The Balaban J connectivity index is 0.00000185. The lowest BCUT2D eigenvalue weighted by Gasteiger charge is -2.28. The second kappa shape index (κ2) is 17.1. The van der Waals surface area contributed by atoms with E-state index in [9.17, 15) is 23.2 Å². The zero-order valence-corrected chi connectivity index (χ0v) is 29.9. The van der Waals surface area contributed by atoms with Gasteiger partial charge in [0.15, 0.2) is 0 Å². The zero-order chi connectivity index (χ0) is 35.7. The monoisotopic (exact) mass is 682 g/mol. The van der Waals surface area contributed by atoms with Crippen LogP contribution in [-0.2, 0) is 27.3 Å². The van der Waals surface area contributed by atoms with Crippen molar-refractivity contribution in [1.82, 2.24) is 14.8 Å². The highest BCUT2D eigenvalue weighted by Gasteiger charge is 2.38. The van der Waals surface area contributed by atoms with Crippen LogP contribution in [0.1, 0.15) is 109 Å². The van der Waals surface area contributed by atoms with Crippen molar-refractivity contribution in [2.24, 2.45) is 0 Å². The molecule has 0 bridgehead atoms. The van der Waals surface area contributed by atoms with Crippen molar-refractivity contribution >= 4 is 41.2 Å². The number of carbonyl (C=O) groups is 3. The molecule has 0 saturated carbocycles. The van der Waals surface area contributed by atoms with E-state index in [1.807, 2.05) is 33.8 Å². The first-order valence-electron chi connectivity index (χ1n) is 16.0. The van der Waals surface area contributed by atoms with Crippen LogP contribution in [-0.4, -0.2) is 70.3 Å². The topological polar surface area (TPSA) is 110 Å². The largest absolute Gasteiger partial charge is 0.444 e. The number of amides is 3. The Bertz CT molecular complexity index is 1390. The van der Waals surface area contributed by atoms with E-state index in [1.54, 1.807) is 59.7 Å². The smallest absolute Gasteiger partial charge is 0.417 e. The zero-order valence-electron chi connectivity index (χ0n) is 29.1. The first-order chi connectivity index (χ1) is 22.0. The molecule has 1 N–H and O–H groups in total. The molecule has 0 spiro atoms. The lowest BCUT2D eigenvalue weighted by molar-refractivity contribution is 0.00777. The average Bonchev–Trinajstić information content (AvgIpc) is 3.64. The fraction of sp³-hybridized carbons (Fsp3) is 0.588. The molecular formula is C34H49ClF2N4O6. The average molecular weight is 683 g/mol. The molecule has 1 unspecified atom stereocenters. The number of fused-ring (bicyclic) bond motifs is 1. The number of halogens is 3. The van der Waals surface area contributed by atoms with Crippen LogP contribution in [0.2, 0.25) is 5.02 Å². The van der Waals surface area contributed by atoms with Gasteiger partial charge in [0.1, 0.15) is 17.0 Å². The van der Waals surface area contributed by atoms with E-state index in [2.05, 4.69) is 5.32 Å². The van der Waals surface area contributed by atoms with Crippen molar-refractivity contribution in [3.63, 3.8) is 0 Å². The maximum Gasteiger partial charge on any atom is 0.417 e. The van der Waals surface area contributed by atoms with E-state index in [0.717, 1.165) is 15.4 Å². The SMILES string of the molecule is CC.CC.CC(C)(C)OC(=O)N(Cc1nc(Nc2ccc(Cl)c3c2C(=O)N(C(=O)OC(C)(C)C)C3)ccc1C1CCOC1)CC(F)F. The van der Waals surface area contributed by atoms with E-state index in [4.69, 9.17) is 30.8 Å². The Labute approximate surface area is 282 Å². The fourth-order valence-electron chi connectivity index (χ4n) is 4.83. The number of anilines is 2. The first kappa shape index (κ1) is 39.7. The van der Waals surface area contributed by atoms with Crippen molar-refractivity contribution < 1.29 is 37.4 Å². The van der Waals surface area contributed by atoms with Gasteiger partial charge >= 0.3 is 12.2 Å². The minimum atomic E-state index is -2.79. The number of pyridine rings is 1. The summed E-state index contributed by atoms with van der Waals surface area (Å²) in [5, 5.41) is 3.44. The molecule has 3 heterocycles. The minimum absolute atomic E-state index is 0.0349. The molecule has 3 amide bonds. The van der Waals surface area contributed by atoms with Crippen molar-refractivity contribution in [3.8, 4) is 0 Å². The van der Waals surface area contributed by atoms with Gasteiger partial charge < -0.3 is 19.5 Å². The van der Waals surface area contributed by atoms with Crippen molar-refractivity contribution in [3.05, 3.63) is 51.7 Å². The third kappa shape index (κ3) is 11.0. The van der Waals surface area contributed by atoms with E-state index in [-0.39, 0.29) is 24.6 Å². The van der Waals surface area contributed by atoms with E-state index < -0.39 is 42.3 Å². The van der Waals surface area contributed by atoms with Crippen LogP contribution in [0.3, 0.4) is 0 Å². The summed E-state index contributed by atoms with van der Waals surface area (Å²) in [5.41, 5.74) is 0.464. The lowest BCUT2D eigenvalue weighted by atomic mass is 9.96. The summed E-state index contributed by atoms with van der Waals surface area (Å²) >= 11 is 6.41. The molecule has 1 atom stereocenters. The van der Waals surface area contributed by atoms with Gasteiger partial charge in [0.2, 0.25) is 0 Å². The number of benzene rings is 1. The van der Waals surface area contributed by atoms with Gasteiger partial charge in [0.05, 0.1) is 43.2 Å². The van der Waals surface area contributed by atoms with Crippen LogP contribution in [0.4, 0.5) is 29.9 Å². The molecule has 1 aromatic carbocycles. The Kier molecular flexibility index (Phi) is 14.4. The molecular weight excluding hydrogens is 634 g/mol. The number of aromatic nitrogens is 1. The molecule has 2 aliphatic heterocycles. The summed E-state index contributed by atoms with van der Waals surface area (Å²) in [6.45, 7) is 17.9. The maximum absolute atomic E-state index is 13.5. The van der Waals surface area contributed by atoms with Crippen LogP contribution >= 0.6 is 11.6 Å². The van der Waals surface area contributed by atoms with E-state index in [1.165, 1.54) is 0 Å². The molecule has 10 nitrogen and oxygen atoms in total. The predicted molar refractivity (Wildman–Crippen MR) is 179 cm³/mol. The Morgan fingerprint density at radius 3 is 2.26 bits per heavy atom. The van der Waals surface area contributed by atoms with Gasteiger partial charge in [-0.05, 0) is 71.7 Å². The second-order valence-corrected chi connectivity index (χ2v) is 12.9. The molecule has 0 aliphatic carbocycles. The summed E-state index contributed by atoms with van der Waals surface area (Å²) in [6.07, 6.45) is -3.75. The van der Waals surface area contributed by atoms with Gasteiger partial charge in [-0.1, -0.05) is 45.4 Å². The highest BCUT2D eigenvalue weighted by atomic mass is 35.5.